The van der Waals surface area contributed by atoms with Gasteiger partial charge in [0.05, 0.1) is 0 Å². The molecule has 4 rings (SSSR count). The number of hydrogen-bond acceptors (Lipinski definition) is 6. The van der Waals surface area contributed by atoms with Gasteiger partial charge >= 0.3 is 0 Å². The number of nitrogens with one attached hydrogen (secondary N) is 1. The molecular weight excluding hydrogens is 350 g/mol. The number of anilines is 1. The van der Waals surface area contributed by atoms with Crippen LogP contribution < -0.4 is 15.8 Å². The Balaban J connectivity index is 1.51. The van der Waals surface area contributed by atoms with E-state index in [1.165, 1.54) is 28.1 Å². The van der Waals surface area contributed by atoms with Crippen LogP contribution in [0.4, 0.5) is 5.13 Å². The second-order valence-corrected chi connectivity index (χ2v) is 7.22. The number of carbonyl (C=O) groups is 1. The van der Waals surface area contributed by atoms with Gasteiger partial charge in [-0.15, -0.1) is 5.10 Å². The van der Waals surface area contributed by atoms with E-state index in [-0.39, 0.29) is 17.5 Å². The van der Waals surface area contributed by atoms with Crippen LogP contribution in [0.15, 0.2) is 47.4 Å². The maximum absolute atomic E-state index is 12.3. The molecule has 1 N–H and O–H groups in total. The molecule has 0 aliphatic carbocycles. The first-order valence-electron chi connectivity index (χ1n) is 8.67. The second kappa shape index (κ2) is 7.25. The molecule has 0 spiro atoms. The molecule has 1 fully saturated rings. The second-order valence-electron chi connectivity index (χ2n) is 6.28. The molecule has 1 aliphatic rings. The highest BCUT2D eigenvalue weighted by atomic mass is 32.1. The predicted octanol–water partition coefficient (Wildman–Crippen LogP) is 1.94. The molecule has 3 aromatic rings. The molecular formula is C18H19N5O2S. The zero-order valence-electron chi connectivity index (χ0n) is 14.2. The largest absolute Gasteiger partial charge is 0.350 e. The Labute approximate surface area is 154 Å². The SMILES string of the molecule is O=C(NCC1CCCCN1c1nn2c(=O)ccnc2s1)c1ccccc1. The molecule has 1 aromatic carbocycles. The van der Waals surface area contributed by atoms with E-state index < -0.39 is 0 Å². The van der Waals surface area contributed by atoms with Gasteiger partial charge in [0.15, 0.2) is 0 Å². The summed E-state index contributed by atoms with van der Waals surface area (Å²) in [5.74, 6) is -0.0710. The number of nitrogens with zero attached hydrogens (tertiary/aromatic N) is 4. The van der Waals surface area contributed by atoms with Gasteiger partial charge in [0.25, 0.3) is 11.5 Å². The molecule has 7 nitrogen and oxygen atoms in total. The van der Waals surface area contributed by atoms with E-state index >= 15 is 0 Å². The molecule has 134 valence electrons. The van der Waals surface area contributed by atoms with E-state index in [0.717, 1.165) is 30.9 Å². The summed E-state index contributed by atoms with van der Waals surface area (Å²) in [7, 11) is 0. The third-order valence-corrected chi connectivity index (χ3v) is 5.53. The van der Waals surface area contributed by atoms with Crippen molar-refractivity contribution in [1.29, 1.82) is 0 Å². The summed E-state index contributed by atoms with van der Waals surface area (Å²) in [6, 6.07) is 10.8. The highest BCUT2D eigenvalue weighted by Crippen LogP contribution is 2.27. The number of carbonyl (C=O) groups excluding carboxylic acids is 1. The number of aromatic nitrogens is 3. The van der Waals surface area contributed by atoms with Crippen molar-refractivity contribution in [3.05, 3.63) is 58.5 Å². The van der Waals surface area contributed by atoms with Crippen molar-refractivity contribution in [2.45, 2.75) is 25.3 Å². The van der Waals surface area contributed by atoms with E-state index in [1.54, 1.807) is 12.1 Å². The molecule has 1 unspecified atom stereocenters. The predicted molar refractivity (Wildman–Crippen MR) is 101 cm³/mol. The highest BCUT2D eigenvalue weighted by Gasteiger charge is 2.26. The molecule has 2 aromatic heterocycles. The zero-order valence-corrected chi connectivity index (χ0v) is 15.0. The van der Waals surface area contributed by atoms with E-state index in [0.29, 0.717) is 17.1 Å². The Hall–Kier alpha value is -2.74. The van der Waals surface area contributed by atoms with Gasteiger partial charge < -0.3 is 10.2 Å². The van der Waals surface area contributed by atoms with Crippen LogP contribution in [-0.4, -0.2) is 39.6 Å². The number of hydrogen-bond donors (Lipinski definition) is 1. The molecule has 3 heterocycles. The van der Waals surface area contributed by atoms with E-state index in [9.17, 15) is 9.59 Å². The highest BCUT2D eigenvalue weighted by molar-refractivity contribution is 7.20. The topological polar surface area (TPSA) is 79.6 Å². The van der Waals surface area contributed by atoms with Gasteiger partial charge in [0, 0.05) is 37.0 Å². The van der Waals surface area contributed by atoms with Gasteiger partial charge in [-0.1, -0.05) is 29.5 Å². The number of fused-ring (bicyclic) bond motifs is 1. The van der Waals surface area contributed by atoms with Gasteiger partial charge in [-0.25, -0.2) is 4.98 Å². The minimum Gasteiger partial charge on any atom is -0.350 e. The van der Waals surface area contributed by atoms with Crippen LogP contribution in [0.25, 0.3) is 4.96 Å². The average molecular weight is 369 g/mol. The van der Waals surface area contributed by atoms with E-state index in [2.05, 4.69) is 20.3 Å². The van der Waals surface area contributed by atoms with Crippen LogP contribution in [0, 0.1) is 0 Å². The Morgan fingerprint density at radius 3 is 2.88 bits per heavy atom. The van der Waals surface area contributed by atoms with Crippen molar-refractivity contribution in [3.63, 3.8) is 0 Å². The summed E-state index contributed by atoms with van der Waals surface area (Å²) in [6.07, 6.45) is 4.67. The lowest BCUT2D eigenvalue weighted by Crippen LogP contribution is -2.47. The minimum absolute atomic E-state index is 0.0710. The number of rotatable bonds is 4. The molecule has 1 saturated heterocycles. The summed E-state index contributed by atoms with van der Waals surface area (Å²) >= 11 is 1.41. The normalized spacial score (nSPS) is 17.4. The Morgan fingerprint density at radius 2 is 2.08 bits per heavy atom. The van der Waals surface area contributed by atoms with Crippen LogP contribution >= 0.6 is 11.3 Å². The lowest BCUT2D eigenvalue weighted by Gasteiger charge is -2.35. The molecule has 0 saturated carbocycles. The summed E-state index contributed by atoms with van der Waals surface area (Å²) < 4.78 is 1.34. The van der Waals surface area contributed by atoms with Crippen LogP contribution in [-0.2, 0) is 0 Å². The molecule has 1 aliphatic heterocycles. The lowest BCUT2D eigenvalue weighted by atomic mass is 10.0. The maximum atomic E-state index is 12.3. The molecule has 1 amide bonds. The van der Waals surface area contributed by atoms with Crippen molar-refractivity contribution in [1.82, 2.24) is 19.9 Å². The Bertz CT molecular complexity index is 968. The first-order valence-corrected chi connectivity index (χ1v) is 9.49. The third kappa shape index (κ3) is 3.32. The van der Waals surface area contributed by atoms with E-state index in [1.807, 2.05) is 18.2 Å². The summed E-state index contributed by atoms with van der Waals surface area (Å²) in [6.45, 7) is 1.41. The number of benzene rings is 1. The van der Waals surface area contributed by atoms with Crippen molar-refractivity contribution in [3.8, 4) is 0 Å². The van der Waals surface area contributed by atoms with E-state index in [4.69, 9.17) is 0 Å². The zero-order chi connectivity index (χ0) is 17.9. The van der Waals surface area contributed by atoms with Crippen LogP contribution in [0.2, 0.25) is 0 Å². The molecule has 8 heteroatoms. The van der Waals surface area contributed by atoms with Gasteiger partial charge in [0.1, 0.15) is 0 Å². The van der Waals surface area contributed by atoms with Gasteiger partial charge in [-0.2, -0.15) is 4.52 Å². The van der Waals surface area contributed by atoms with Crippen molar-refractivity contribution < 1.29 is 4.79 Å². The quantitative estimate of drug-likeness (QED) is 0.760. The fraction of sp³-hybridized carbons (Fsp3) is 0.333. The summed E-state index contributed by atoms with van der Waals surface area (Å²) in [4.78, 5) is 31.2. The van der Waals surface area contributed by atoms with Crippen molar-refractivity contribution in [2.75, 3.05) is 18.0 Å². The maximum Gasteiger partial charge on any atom is 0.275 e. The van der Waals surface area contributed by atoms with Crippen LogP contribution in [0.5, 0.6) is 0 Å². The van der Waals surface area contributed by atoms with Crippen LogP contribution in [0.3, 0.4) is 0 Å². The monoisotopic (exact) mass is 369 g/mol. The van der Waals surface area contributed by atoms with Gasteiger partial charge in [-0.05, 0) is 31.4 Å². The average Bonchev–Trinajstić information content (AvgIpc) is 3.12. The molecule has 26 heavy (non-hydrogen) atoms. The summed E-state index contributed by atoms with van der Waals surface area (Å²) in [5, 5.41) is 8.25. The first kappa shape index (κ1) is 16.7. The number of piperidine rings is 1. The van der Waals surface area contributed by atoms with Gasteiger partial charge in [-0.3, -0.25) is 9.59 Å². The summed E-state index contributed by atoms with van der Waals surface area (Å²) in [5.41, 5.74) is 0.481. The number of amides is 1. The first-order chi connectivity index (χ1) is 12.7. The van der Waals surface area contributed by atoms with Crippen molar-refractivity contribution >= 4 is 27.3 Å². The molecule has 0 radical (unpaired) electrons. The Morgan fingerprint density at radius 1 is 1.23 bits per heavy atom. The van der Waals surface area contributed by atoms with Crippen LogP contribution in [0.1, 0.15) is 29.6 Å². The fourth-order valence-electron chi connectivity index (χ4n) is 3.22. The standard InChI is InChI=1S/C18H19N5O2S/c24-15-9-10-19-17-23(15)21-18(26-17)22-11-5-4-8-14(22)12-20-16(25)13-6-2-1-3-7-13/h1-3,6-7,9-10,14H,4-5,8,11-12H2,(H,20,25). The fourth-order valence-corrected chi connectivity index (χ4v) is 4.19. The Kier molecular flexibility index (Phi) is 4.66. The third-order valence-electron chi connectivity index (χ3n) is 4.57. The smallest absolute Gasteiger partial charge is 0.275 e. The van der Waals surface area contributed by atoms with Crippen molar-refractivity contribution in [2.24, 2.45) is 0 Å². The van der Waals surface area contributed by atoms with Gasteiger partial charge in [0.2, 0.25) is 10.1 Å². The minimum atomic E-state index is -0.177. The molecule has 1 atom stereocenters. The molecule has 0 bridgehead atoms. The lowest BCUT2D eigenvalue weighted by molar-refractivity contribution is 0.0949.